The molecule has 0 saturated carbocycles. The summed E-state index contributed by atoms with van der Waals surface area (Å²) < 4.78 is 30.1. The number of carbonyl (C=O) groups excluding carboxylic acids is 1. The second-order valence-corrected chi connectivity index (χ2v) is 6.06. The fraction of sp³-hybridized carbons (Fsp3) is 0.188. The SMILES string of the molecule is COc1ccc(NCC(=O)Nc2ccccc2SC(F)F)cc1Cl. The second-order valence-electron chi connectivity index (χ2n) is 4.63. The van der Waals surface area contributed by atoms with Crippen LogP contribution >= 0.6 is 23.4 Å². The van der Waals surface area contributed by atoms with Crippen LogP contribution in [0.1, 0.15) is 0 Å². The molecular formula is C16H15ClF2N2O2S. The van der Waals surface area contributed by atoms with Crippen molar-refractivity contribution in [1.82, 2.24) is 0 Å². The zero-order valence-electron chi connectivity index (χ0n) is 12.7. The number of hydrogen-bond acceptors (Lipinski definition) is 4. The Labute approximate surface area is 147 Å². The van der Waals surface area contributed by atoms with E-state index < -0.39 is 5.76 Å². The zero-order chi connectivity index (χ0) is 17.5. The van der Waals surface area contributed by atoms with E-state index in [1.807, 2.05) is 0 Å². The fourth-order valence-corrected chi connectivity index (χ4v) is 2.77. The minimum atomic E-state index is -2.55. The summed E-state index contributed by atoms with van der Waals surface area (Å²) in [5, 5.41) is 5.94. The first-order valence-electron chi connectivity index (χ1n) is 6.90. The third kappa shape index (κ3) is 5.28. The molecule has 0 bridgehead atoms. The lowest BCUT2D eigenvalue weighted by atomic mass is 10.3. The number of anilines is 2. The second kappa shape index (κ2) is 8.75. The first kappa shape index (κ1) is 18.4. The van der Waals surface area contributed by atoms with E-state index in [-0.39, 0.29) is 12.5 Å². The summed E-state index contributed by atoms with van der Waals surface area (Å²) in [7, 11) is 1.51. The highest BCUT2D eigenvalue weighted by Gasteiger charge is 2.12. The monoisotopic (exact) mass is 372 g/mol. The van der Waals surface area contributed by atoms with Crippen LogP contribution in [0.5, 0.6) is 5.75 Å². The van der Waals surface area contributed by atoms with Gasteiger partial charge in [0.05, 0.1) is 24.4 Å². The summed E-state index contributed by atoms with van der Waals surface area (Å²) in [6.07, 6.45) is 0. The van der Waals surface area contributed by atoms with Gasteiger partial charge in [0.15, 0.2) is 0 Å². The van der Waals surface area contributed by atoms with E-state index in [0.29, 0.717) is 38.8 Å². The molecule has 0 aliphatic heterocycles. The van der Waals surface area contributed by atoms with Gasteiger partial charge in [-0.3, -0.25) is 4.79 Å². The third-order valence-electron chi connectivity index (χ3n) is 2.98. The molecule has 8 heteroatoms. The van der Waals surface area contributed by atoms with Gasteiger partial charge in [0.1, 0.15) is 5.75 Å². The van der Waals surface area contributed by atoms with Crippen molar-refractivity contribution in [2.24, 2.45) is 0 Å². The largest absolute Gasteiger partial charge is 0.495 e. The number of rotatable bonds is 7. The minimum Gasteiger partial charge on any atom is -0.495 e. The Balaban J connectivity index is 1.95. The molecule has 0 aliphatic rings. The average molecular weight is 373 g/mol. The number of halogens is 3. The molecule has 2 N–H and O–H groups in total. The lowest BCUT2D eigenvalue weighted by Crippen LogP contribution is -2.22. The molecule has 128 valence electrons. The molecule has 24 heavy (non-hydrogen) atoms. The Morgan fingerprint density at radius 3 is 2.71 bits per heavy atom. The smallest absolute Gasteiger partial charge is 0.288 e. The predicted molar refractivity (Wildman–Crippen MR) is 93.4 cm³/mol. The van der Waals surface area contributed by atoms with Gasteiger partial charge in [-0.05, 0) is 30.3 Å². The number of alkyl halides is 2. The van der Waals surface area contributed by atoms with Crippen LogP contribution < -0.4 is 15.4 Å². The van der Waals surface area contributed by atoms with Crippen molar-refractivity contribution in [3.8, 4) is 5.75 Å². The number of methoxy groups -OCH3 is 1. The summed E-state index contributed by atoms with van der Waals surface area (Å²) in [5.41, 5.74) is 0.994. The molecule has 0 aromatic heterocycles. The number of nitrogens with one attached hydrogen (secondary N) is 2. The molecule has 0 atom stereocenters. The Morgan fingerprint density at radius 2 is 2.04 bits per heavy atom. The van der Waals surface area contributed by atoms with Gasteiger partial charge < -0.3 is 15.4 Å². The zero-order valence-corrected chi connectivity index (χ0v) is 14.3. The molecule has 0 saturated heterocycles. The van der Waals surface area contributed by atoms with E-state index in [1.54, 1.807) is 36.4 Å². The first-order chi connectivity index (χ1) is 11.5. The van der Waals surface area contributed by atoms with Crippen LogP contribution in [-0.4, -0.2) is 25.3 Å². The van der Waals surface area contributed by atoms with Gasteiger partial charge in [-0.1, -0.05) is 35.5 Å². The number of benzene rings is 2. The summed E-state index contributed by atoms with van der Waals surface area (Å²) >= 11 is 6.39. The quantitative estimate of drug-likeness (QED) is 0.691. The van der Waals surface area contributed by atoms with E-state index in [4.69, 9.17) is 16.3 Å². The molecule has 0 fully saturated rings. The van der Waals surface area contributed by atoms with Gasteiger partial charge in [-0.25, -0.2) is 0 Å². The van der Waals surface area contributed by atoms with Crippen molar-refractivity contribution >= 4 is 40.6 Å². The molecule has 0 aliphatic carbocycles. The van der Waals surface area contributed by atoms with Crippen LogP contribution in [0.25, 0.3) is 0 Å². The van der Waals surface area contributed by atoms with E-state index in [0.717, 1.165) is 0 Å². The highest BCUT2D eigenvalue weighted by Crippen LogP contribution is 2.31. The number of carbonyl (C=O) groups is 1. The van der Waals surface area contributed by atoms with Gasteiger partial charge in [0.25, 0.3) is 5.76 Å². The summed E-state index contributed by atoms with van der Waals surface area (Å²) in [6, 6.07) is 11.4. The van der Waals surface area contributed by atoms with Crippen molar-refractivity contribution in [1.29, 1.82) is 0 Å². The van der Waals surface area contributed by atoms with E-state index in [1.165, 1.54) is 13.2 Å². The maximum absolute atomic E-state index is 12.5. The summed E-state index contributed by atoms with van der Waals surface area (Å²) in [4.78, 5) is 12.3. The summed E-state index contributed by atoms with van der Waals surface area (Å²) in [6.45, 7) is -0.0314. The molecule has 0 radical (unpaired) electrons. The summed E-state index contributed by atoms with van der Waals surface area (Å²) in [5.74, 6) is -2.38. The van der Waals surface area contributed by atoms with Crippen LogP contribution in [0.15, 0.2) is 47.4 Å². The molecule has 2 aromatic rings. The van der Waals surface area contributed by atoms with Crippen LogP contribution in [0.4, 0.5) is 20.2 Å². The molecule has 0 unspecified atom stereocenters. The minimum absolute atomic E-state index is 0.0314. The standard InChI is InChI=1S/C16H15ClF2N2O2S/c1-23-13-7-6-10(8-11(13)17)20-9-15(22)21-12-4-2-3-5-14(12)24-16(18)19/h2-8,16,20H,9H2,1H3,(H,21,22). The van der Waals surface area contributed by atoms with Crippen LogP contribution in [0.3, 0.4) is 0 Å². The molecule has 1 amide bonds. The highest BCUT2D eigenvalue weighted by molar-refractivity contribution is 7.99. The number of para-hydroxylation sites is 1. The van der Waals surface area contributed by atoms with Crippen molar-refractivity contribution in [3.63, 3.8) is 0 Å². The number of hydrogen-bond donors (Lipinski definition) is 2. The Kier molecular flexibility index (Phi) is 6.69. The Morgan fingerprint density at radius 1 is 1.29 bits per heavy atom. The number of thioether (sulfide) groups is 1. The van der Waals surface area contributed by atoms with Crippen molar-refractivity contribution in [3.05, 3.63) is 47.5 Å². The molecule has 4 nitrogen and oxygen atoms in total. The van der Waals surface area contributed by atoms with E-state index in [9.17, 15) is 13.6 Å². The molecule has 0 heterocycles. The van der Waals surface area contributed by atoms with Gasteiger partial charge in [-0.15, -0.1) is 0 Å². The Hall–Kier alpha value is -1.99. The van der Waals surface area contributed by atoms with Gasteiger partial charge in [0, 0.05) is 10.6 Å². The van der Waals surface area contributed by atoms with Crippen LogP contribution in [-0.2, 0) is 4.79 Å². The number of amides is 1. The average Bonchev–Trinajstić information content (AvgIpc) is 2.54. The van der Waals surface area contributed by atoms with E-state index in [2.05, 4.69) is 10.6 Å². The normalized spacial score (nSPS) is 10.5. The maximum atomic E-state index is 12.5. The van der Waals surface area contributed by atoms with Gasteiger partial charge in [-0.2, -0.15) is 8.78 Å². The maximum Gasteiger partial charge on any atom is 0.288 e. The lowest BCUT2D eigenvalue weighted by Gasteiger charge is -2.12. The van der Waals surface area contributed by atoms with Gasteiger partial charge in [0.2, 0.25) is 5.91 Å². The molecule has 2 rings (SSSR count). The van der Waals surface area contributed by atoms with Crippen molar-refractivity contribution in [2.75, 3.05) is 24.3 Å². The topological polar surface area (TPSA) is 50.4 Å². The molecule has 2 aromatic carbocycles. The number of ether oxygens (including phenoxy) is 1. The van der Waals surface area contributed by atoms with E-state index >= 15 is 0 Å². The van der Waals surface area contributed by atoms with Crippen molar-refractivity contribution < 1.29 is 18.3 Å². The highest BCUT2D eigenvalue weighted by atomic mass is 35.5. The Bertz CT molecular complexity index is 716. The fourth-order valence-electron chi connectivity index (χ4n) is 1.92. The molecule has 0 spiro atoms. The first-order valence-corrected chi connectivity index (χ1v) is 8.16. The molecular weight excluding hydrogens is 358 g/mol. The third-order valence-corrected chi connectivity index (χ3v) is 4.07. The van der Waals surface area contributed by atoms with Crippen LogP contribution in [0.2, 0.25) is 5.02 Å². The lowest BCUT2D eigenvalue weighted by molar-refractivity contribution is -0.114. The van der Waals surface area contributed by atoms with Gasteiger partial charge >= 0.3 is 0 Å². The van der Waals surface area contributed by atoms with Crippen molar-refractivity contribution in [2.45, 2.75) is 10.7 Å². The predicted octanol–water partition coefficient (Wildman–Crippen LogP) is 4.71. The van der Waals surface area contributed by atoms with Crippen LogP contribution in [0, 0.1) is 0 Å².